The summed E-state index contributed by atoms with van der Waals surface area (Å²) in [5.74, 6) is -2.30. The molecule has 6 nitrogen and oxygen atoms in total. The van der Waals surface area contributed by atoms with Crippen molar-refractivity contribution in [1.82, 2.24) is 19.9 Å². The van der Waals surface area contributed by atoms with Crippen LogP contribution >= 0.6 is 0 Å². The van der Waals surface area contributed by atoms with Crippen molar-refractivity contribution < 1.29 is 18.1 Å². The molecule has 156 valence electrons. The molecule has 0 aromatic carbocycles. The van der Waals surface area contributed by atoms with Gasteiger partial charge in [0.25, 0.3) is 11.8 Å². The van der Waals surface area contributed by atoms with E-state index in [4.69, 9.17) is 4.52 Å². The molecular formula is C21H26F2N4O2. The third-order valence-corrected chi connectivity index (χ3v) is 6.41. The van der Waals surface area contributed by atoms with Crippen molar-refractivity contribution in [1.29, 1.82) is 0 Å². The van der Waals surface area contributed by atoms with Crippen molar-refractivity contribution >= 4 is 5.91 Å². The number of hydrogen-bond acceptors (Lipinski definition) is 5. The number of carbonyl (C=O) groups is 1. The number of amides is 1. The van der Waals surface area contributed by atoms with Crippen molar-refractivity contribution in [2.45, 2.75) is 46.1 Å². The van der Waals surface area contributed by atoms with Gasteiger partial charge < -0.3 is 9.42 Å². The fourth-order valence-corrected chi connectivity index (χ4v) is 4.52. The van der Waals surface area contributed by atoms with E-state index in [0.29, 0.717) is 25.1 Å². The highest BCUT2D eigenvalue weighted by atomic mass is 19.3. The Morgan fingerprint density at radius 1 is 1.17 bits per heavy atom. The first kappa shape index (κ1) is 19.9. The van der Waals surface area contributed by atoms with Crippen LogP contribution in [0.2, 0.25) is 0 Å². The largest absolute Gasteiger partial charge is 0.361 e. The van der Waals surface area contributed by atoms with Gasteiger partial charge in [0, 0.05) is 50.1 Å². The summed E-state index contributed by atoms with van der Waals surface area (Å²) in [6, 6.07) is 3.48. The molecule has 4 rings (SSSR count). The zero-order valence-corrected chi connectivity index (χ0v) is 17.0. The van der Waals surface area contributed by atoms with Crippen LogP contribution in [-0.2, 0) is 6.54 Å². The first-order chi connectivity index (χ1) is 13.7. The Labute approximate surface area is 168 Å². The Morgan fingerprint density at radius 3 is 2.62 bits per heavy atom. The number of pyridine rings is 1. The minimum Gasteiger partial charge on any atom is -0.361 e. The van der Waals surface area contributed by atoms with Crippen LogP contribution in [0, 0.1) is 26.2 Å². The topological polar surface area (TPSA) is 62.5 Å². The zero-order valence-electron chi connectivity index (χ0n) is 17.0. The Morgan fingerprint density at radius 2 is 1.97 bits per heavy atom. The van der Waals surface area contributed by atoms with E-state index in [1.165, 1.54) is 6.20 Å². The molecular weight excluding hydrogens is 378 g/mol. The lowest BCUT2D eigenvalue weighted by atomic mass is 9.75. The van der Waals surface area contributed by atoms with Gasteiger partial charge >= 0.3 is 0 Å². The fourth-order valence-electron chi connectivity index (χ4n) is 4.52. The van der Waals surface area contributed by atoms with Gasteiger partial charge in [-0.05, 0) is 45.9 Å². The van der Waals surface area contributed by atoms with Crippen LogP contribution in [0.3, 0.4) is 0 Å². The summed E-state index contributed by atoms with van der Waals surface area (Å²) in [5.41, 5.74) is 1.79. The number of aryl methyl sites for hydroxylation is 3. The quantitative estimate of drug-likeness (QED) is 0.785. The standard InChI is InChI=1S/C21H26F2N4O2/c1-14-4-5-17(10-24-14)19(28)27-9-7-21(22,23)20(13-27)6-8-26(12-20)11-18-15(2)25-29-16(18)3/h4-5,10H,6-9,11-13H2,1-3H3. The first-order valence-electron chi connectivity index (χ1n) is 9.95. The molecule has 8 heteroatoms. The Kier molecular flexibility index (Phi) is 4.93. The maximum absolute atomic E-state index is 15.1. The van der Waals surface area contributed by atoms with E-state index in [2.05, 4.69) is 10.1 Å². The molecule has 1 amide bonds. The molecule has 1 unspecified atom stereocenters. The second-order valence-electron chi connectivity index (χ2n) is 8.41. The molecule has 0 aliphatic carbocycles. The molecule has 2 aliphatic rings. The van der Waals surface area contributed by atoms with Gasteiger partial charge in [-0.2, -0.15) is 0 Å². The second kappa shape index (κ2) is 7.16. The Bertz CT molecular complexity index is 892. The van der Waals surface area contributed by atoms with Crippen LogP contribution in [0.5, 0.6) is 0 Å². The molecule has 2 aromatic heterocycles. The molecule has 2 aromatic rings. The highest BCUT2D eigenvalue weighted by molar-refractivity contribution is 5.94. The van der Waals surface area contributed by atoms with E-state index in [0.717, 1.165) is 22.7 Å². The van der Waals surface area contributed by atoms with Crippen LogP contribution in [0.4, 0.5) is 8.78 Å². The summed E-state index contributed by atoms with van der Waals surface area (Å²) in [6.07, 6.45) is 1.58. The summed E-state index contributed by atoms with van der Waals surface area (Å²) in [5, 5.41) is 3.96. The first-order valence-corrected chi connectivity index (χ1v) is 9.95. The van der Waals surface area contributed by atoms with Gasteiger partial charge in [0.2, 0.25) is 0 Å². The molecule has 0 N–H and O–H groups in total. The zero-order chi connectivity index (χ0) is 20.8. The number of likely N-dealkylation sites (tertiary alicyclic amines) is 2. The van der Waals surface area contributed by atoms with Crippen LogP contribution in [-0.4, -0.2) is 57.9 Å². The van der Waals surface area contributed by atoms with Crippen molar-refractivity contribution in [3.05, 3.63) is 46.6 Å². The average Bonchev–Trinajstić information content (AvgIpc) is 3.24. The number of aromatic nitrogens is 2. The number of piperidine rings is 1. The minimum atomic E-state index is -2.80. The van der Waals surface area contributed by atoms with E-state index in [9.17, 15) is 4.79 Å². The van der Waals surface area contributed by atoms with Crippen LogP contribution < -0.4 is 0 Å². The third-order valence-electron chi connectivity index (χ3n) is 6.41. The normalized spacial score (nSPS) is 24.4. The molecule has 0 radical (unpaired) electrons. The van der Waals surface area contributed by atoms with Crippen LogP contribution in [0.1, 0.15) is 45.9 Å². The highest BCUT2D eigenvalue weighted by Gasteiger charge is 2.59. The molecule has 0 bridgehead atoms. The summed E-state index contributed by atoms with van der Waals surface area (Å²) in [7, 11) is 0. The van der Waals surface area contributed by atoms with Gasteiger partial charge in [-0.25, -0.2) is 8.78 Å². The lowest BCUT2D eigenvalue weighted by Gasteiger charge is -2.46. The maximum atomic E-state index is 15.1. The van der Waals surface area contributed by atoms with Crippen molar-refractivity contribution in [3.8, 4) is 0 Å². The van der Waals surface area contributed by atoms with E-state index < -0.39 is 11.3 Å². The van der Waals surface area contributed by atoms with Crippen molar-refractivity contribution in [3.63, 3.8) is 0 Å². The van der Waals surface area contributed by atoms with Gasteiger partial charge in [0.1, 0.15) is 5.76 Å². The molecule has 0 saturated carbocycles. The summed E-state index contributed by atoms with van der Waals surface area (Å²) in [4.78, 5) is 20.7. The van der Waals surface area contributed by atoms with Crippen molar-refractivity contribution in [2.75, 3.05) is 26.2 Å². The minimum absolute atomic E-state index is 0.0603. The lowest BCUT2D eigenvalue weighted by molar-refractivity contribution is -0.155. The van der Waals surface area contributed by atoms with E-state index in [-0.39, 0.29) is 32.0 Å². The Balaban J connectivity index is 1.52. The van der Waals surface area contributed by atoms with Crippen LogP contribution in [0.15, 0.2) is 22.9 Å². The van der Waals surface area contributed by atoms with Gasteiger partial charge in [0.15, 0.2) is 0 Å². The van der Waals surface area contributed by atoms with Gasteiger partial charge in [-0.3, -0.25) is 14.7 Å². The molecule has 4 heterocycles. The monoisotopic (exact) mass is 404 g/mol. The van der Waals surface area contributed by atoms with Gasteiger partial charge in [-0.15, -0.1) is 0 Å². The van der Waals surface area contributed by atoms with Gasteiger partial charge in [-0.1, -0.05) is 5.16 Å². The predicted octanol–water partition coefficient (Wildman–Crippen LogP) is 3.37. The van der Waals surface area contributed by atoms with Gasteiger partial charge in [0.05, 0.1) is 16.7 Å². The predicted molar refractivity (Wildman–Crippen MR) is 103 cm³/mol. The highest BCUT2D eigenvalue weighted by Crippen LogP contribution is 2.50. The van der Waals surface area contributed by atoms with E-state index in [1.54, 1.807) is 17.0 Å². The number of nitrogens with zero attached hydrogens (tertiary/aromatic N) is 4. The molecule has 2 saturated heterocycles. The lowest BCUT2D eigenvalue weighted by Crippen LogP contribution is -2.58. The number of halogens is 2. The Hall–Kier alpha value is -2.35. The van der Waals surface area contributed by atoms with Crippen molar-refractivity contribution in [2.24, 2.45) is 5.41 Å². The maximum Gasteiger partial charge on any atom is 0.258 e. The smallest absolute Gasteiger partial charge is 0.258 e. The number of hydrogen-bond donors (Lipinski definition) is 0. The van der Waals surface area contributed by atoms with E-state index >= 15 is 8.78 Å². The summed E-state index contributed by atoms with van der Waals surface area (Å²) >= 11 is 0. The van der Waals surface area contributed by atoms with Crippen LogP contribution in [0.25, 0.3) is 0 Å². The molecule has 1 atom stereocenters. The fraction of sp³-hybridized carbons (Fsp3) is 0.571. The molecule has 29 heavy (non-hydrogen) atoms. The number of carbonyl (C=O) groups excluding carboxylic acids is 1. The van der Waals surface area contributed by atoms with E-state index in [1.807, 2.05) is 25.7 Å². The summed E-state index contributed by atoms with van der Waals surface area (Å²) < 4.78 is 35.3. The molecule has 1 spiro atoms. The molecule has 2 aliphatic heterocycles. The molecule has 2 fully saturated rings. The summed E-state index contributed by atoms with van der Waals surface area (Å²) in [6.45, 7) is 7.02. The third kappa shape index (κ3) is 3.54. The number of rotatable bonds is 3. The average molecular weight is 404 g/mol. The second-order valence-corrected chi connectivity index (χ2v) is 8.41. The SMILES string of the molecule is Cc1ccc(C(=O)N2CCC(F)(F)C3(CCN(Cc4c(C)noc4C)C3)C2)cn1. The number of alkyl halides is 2.